The maximum atomic E-state index is 10.7. The van der Waals surface area contributed by atoms with Crippen molar-refractivity contribution in [3.8, 4) is 0 Å². The molecule has 0 aliphatic heterocycles. The van der Waals surface area contributed by atoms with Crippen molar-refractivity contribution in [3.05, 3.63) is 79.8 Å². The molecule has 1 nitrogen and oxygen atoms in total. The second-order valence-electron chi connectivity index (χ2n) is 4.64. The zero-order chi connectivity index (χ0) is 14.1. The van der Waals surface area contributed by atoms with E-state index in [9.17, 15) is 5.11 Å². The minimum atomic E-state index is -0.609. The van der Waals surface area contributed by atoms with Gasteiger partial charge >= 0.3 is 0 Å². The van der Waals surface area contributed by atoms with Crippen molar-refractivity contribution in [2.75, 3.05) is 0 Å². The van der Waals surface area contributed by atoms with E-state index < -0.39 is 6.10 Å². The van der Waals surface area contributed by atoms with Gasteiger partial charge in [-0.15, -0.1) is 0 Å². The van der Waals surface area contributed by atoms with Gasteiger partial charge in [0.15, 0.2) is 0 Å². The molecule has 20 heavy (non-hydrogen) atoms. The third-order valence-electron chi connectivity index (χ3n) is 3.36. The van der Waals surface area contributed by atoms with Crippen molar-refractivity contribution in [1.29, 1.82) is 0 Å². The maximum Gasteiger partial charge on any atom is 0.105 e. The summed E-state index contributed by atoms with van der Waals surface area (Å²) in [6, 6.07) is 20.1. The molecule has 3 aromatic carbocycles. The molecule has 0 aliphatic rings. The molecular formula is C17H12BrIO. The first kappa shape index (κ1) is 14.0. The molecular weight excluding hydrogens is 427 g/mol. The Morgan fingerprint density at radius 3 is 2.40 bits per heavy atom. The van der Waals surface area contributed by atoms with Gasteiger partial charge in [0.05, 0.1) is 0 Å². The molecule has 100 valence electrons. The average Bonchev–Trinajstić information content (AvgIpc) is 2.47. The van der Waals surface area contributed by atoms with Crippen molar-refractivity contribution in [2.45, 2.75) is 6.10 Å². The molecule has 0 saturated heterocycles. The third kappa shape index (κ3) is 2.62. The molecule has 0 saturated carbocycles. The van der Waals surface area contributed by atoms with E-state index in [1.165, 1.54) is 0 Å². The molecule has 3 aromatic rings. The van der Waals surface area contributed by atoms with E-state index in [0.717, 1.165) is 29.9 Å². The molecule has 1 atom stereocenters. The lowest BCUT2D eigenvalue weighted by Crippen LogP contribution is -2.01. The highest BCUT2D eigenvalue weighted by Crippen LogP contribution is 2.33. The quantitative estimate of drug-likeness (QED) is 0.539. The number of aliphatic hydroxyl groups is 1. The lowest BCUT2D eigenvalue weighted by Gasteiger charge is -2.15. The molecule has 0 amide bonds. The normalized spacial score (nSPS) is 12.6. The Balaban J connectivity index is 2.17. The first-order valence-electron chi connectivity index (χ1n) is 6.27. The van der Waals surface area contributed by atoms with Crippen molar-refractivity contribution >= 4 is 49.3 Å². The van der Waals surface area contributed by atoms with Crippen LogP contribution in [-0.2, 0) is 0 Å². The van der Waals surface area contributed by atoms with Crippen LogP contribution in [0.5, 0.6) is 0 Å². The molecule has 0 aliphatic carbocycles. The third-order valence-corrected chi connectivity index (χ3v) is 4.73. The highest BCUT2D eigenvalue weighted by Gasteiger charge is 2.14. The topological polar surface area (TPSA) is 20.2 Å². The van der Waals surface area contributed by atoms with E-state index in [2.05, 4.69) is 44.6 Å². The molecule has 0 bridgehead atoms. The predicted octanol–water partition coefficient (Wildman–Crippen LogP) is 5.29. The van der Waals surface area contributed by atoms with Gasteiger partial charge in [-0.3, -0.25) is 0 Å². The predicted molar refractivity (Wildman–Crippen MR) is 94.9 cm³/mol. The highest BCUT2D eigenvalue weighted by atomic mass is 127. The minimum Gasteiger partial charge on any atom is -0.384 e. The number of aliphatic hydroxyl groups excluding tert-OH is 1. The fraction of sp³-hybridized carbons (Fsp3) is 0.0588. The second kappa shape index (κ2) is 5.84. The molecule has 1 unspecified atom stereocenters. The van der Waals surface area contributed by atoms with Gasteiger partial charge in [-0.1, -0.05) is 58.4 Å². The van der Waals surface area contributed by atoms with Crippen molar-refractivity contribution in [1.82, 2.24) is 0 Å². The number of benzene rings is 3. The zero-order valence-corrected chi connectivity index (χ0v) is 14.3. The summed E-state index contributed by atoms with van der Waals surface area (Å²) in [6.07, 6.45) is -0.609. The summed E-state index contributed by atoms with van der Waals surface area (Å²) in [4.78, 5) is 0. The van der Waals surface area contributed by atoms with Gasteiger partial charge in [0.1, 0.15) is 6.10 Å². The van der Waals surface area contributed by atoms with Crippen LogP contribution in [0.15, 0.2) is 65.1 Å². The zero-order valence-electron chi connectivity index (χ0n) is 10.6. The van der Waals surface area contributed by atoms with Gasteiger partial charge in [-0.05, 0) is 62.7 Å². The molecule has 0 spiro atoms. The average molecular weight is 439 g/mol. The fourth-order valence-corrected chi connectivity index (χ4v) is 3.43. The number of hydrogen-bond donors (Lipinski definition) is 1. The summed E-state index contributed by atoms with van der Waals surface area (Å²) in [5.74, 6) is 0. The van der Waals surface area contributed by atoms with Gasteiger partial charge in [0.2, 0.25) is 0 Å². The Morgan fingerprint density at radius 1 is 0.900 bits per heavy atom. The van der Waals surface area contributed by atoms with Crippen LogP contribution in [0.25, 0.3) is 10.8 Å². The summed E-state index contributed by atoms with van der Waals surface area (Å²) in [7, 11) is 0. The van der Waals surface area contributed by atoms with Crippen LogP contribution < -0.4 is 0 Å². The van der Waals surface area contributed by atoms with E-state index in [-0.39, 0.29) is 0 Å². The molecule has 3 rings (SSSR count). The van der Waals surface area contributed by atoms with Gasteiger partial charge < -0.3 is 5.11 Å². The summed E-state index contributed by atoms with van der Waals surface area (Å²) < 4.78 is 2.17. The molecule has 0 fully saturated rings. The van der Waals surface area contributed by atoms with E-state index in [1.54, 1.807) is 0 Å². The van der Waals surface area contributed by atoms with E-state index in [4.69, 9.17) is 0 Å². The number of fused-ring (bicyclic) bond motifs is 1. The van der Waals surface area contributed by atoms with Crippen LogP contribution in [0.3, 0.4) is 0 Å². The van der Waals surface area contributed by atoms with Gasteiger partial charge in [0.25, 0.3) is 0 Å². The smallest absolute Gasteiger partial charge is 0.105 e. The second-order valence-corrected chi connectivity index (χ2v) is 6.74. The highest BCUT2D eigenvalue weighted by molar-refractivity contribution is 14.1. The van der Waals surface area contributed by atoms with Gasteiger partial charge in [-0.25, -0.2) is 0 Å². The van der Waals surface area contributed by atoms with Gasteiger partial charge in [0, 0.05) is 8.04 Å². The van der Waals surface area contributed by atoms with Gasteiger partial charge in [-0.2, -0.15) is 0 Å². The van der Waals surface area contributed by atoms with Crippen molar-refractivity contribution in [3.63, 3.8) is 0 Å². The number of rotatable bonds is 2. The Kier molecular flexibility index (Phi) is 4.10. The van der Waals surface area contributed by atoms with Crippen LogP contribution >= 0.6 is 38.5 Å². The molecule has 1 N–H and O–H groups in total. The largest absolute Gasteiger partial charge is 0.384 e. The van der Waals surface area contributed by atoms with Crippen LogP contribution in [0, 0.1) is 3.57 Å². The Morgan fingerprint density at radius 2 is 1.65 bits per heavy atom. The van der Waals surface area contributed by atoms with E-state index in [1.807, 2.05) is 54.6 Å². The minimum absolute atomic E-state index is 0.609. The molecule has 0 aromatic heterocycles. The first-order valence-corrected chi connectivity index (χ1v) is 8.14. The summed E-state index contributed by atoms with van der Waals surface area (Å²) >= 11 is 5.83. The monoisotopic (exact) mass is 438 g/mol. The van der Waals surface area contributed by atoms with Crippen LogP contribution in [0.2, 0.25) is 0 Å². The molecule has 3 heteroatoms. The Bertz CT molecular complexity index is 770. The lowest BCUT2D eigenvalue weighted by atomic mass is 9.96. The Labute approximate surface area is 139 Å². The van der Waals surface area contributed by atoms with Crippen LogP contribution in [0.1, 0.15) is 17.2 Å². The fourth-order valence-electron chi connectivity index (χ4n) is 2.38. The number of halogens is 2. The summed E-state index contributed by atoms with van der Waals surface area (Å²) in [5, 5.41) is 12.9. The van der Waals surface area contributed by atoms with Crippen molar-refractivity contribution in [2.24, 2.45) is 0 Å². The van der Waals surface area contributed by atoms with Crippen LogP contribution in [-0.4, -0.2) is 5.11 Å². The standard InChI is InChI=1S/C17H12BrIO/c18-16-9-8-15(13-6-1-2-7-14(13)16)17(20)11-4-3-5-12(19)10-11/h1-10,17,20H. The molecule has 0 heterocycles. The maximum absolute atomic E-state index is 10.7. The van der Waals surface area contributed by atoms with Crippen LogP contribution in [0.4, 0.5) is 0 Å². The van der Waals surface area contributed by atoms with E-state index in [0.29, 0.717) is 0 Å². The molecule has 0 radical (unpaired) electrons. The van der Waals surface area contributed by atoms with Crippen molar-refractivity contribution < 1.29 is 5.11 Å². The van der Waals surface area contributed by atoms with E-state index >= 15 is 0 Å². The first-order chi connectivity index (χ1) is 9.66. The summed E-state index contributed by atoms with van der Waals surface area (Å²) in [6.45, 7) is 0. The Hall–Kier alpha value is -0.910. The lowest BCUT2D eigenvalue weighted by molar-refractivity contribution is 0.222. The number of hydrogen-bond acceptors (Lipinski definition) is 1. The summed E-state index contributed by atoms with van der Waals surface area (Å²) in [5.41, 5.74) is 1.86. The SMILES string of the molecule is OC(c1cccc(I)c1)c1ccc(Br)c2ccccc12.